The zero-order chi connectivity index (χ0) is 12.4. The molecule has 17 heavy (non-hydrogen) atoms. The lowest BCUT2D eigenvalue weighted by molar-refractivity contribution is -0.139. The minimum atomic E-state index is -0.867. The van der Waals surface area contributed by atoms with Crippen LogP contribution in [-0.4, -0.2) is 46.7 Å². The molecule has 6 nitrogen and oxygen atoms in total. The zero-order valence-corrected chi connectivity index (χ0v) is 10.1. The van der Waals surface area contributed by atoms with Gasteiger partial charge in [0.25, 0.3) is 0 Å². The fraction of sp³-hybridized carbons (Fsp3) is 0.500. The number of carbonyl (C=O) groups is 1. The van der Waals surface area contributed by atoms with Crippen molar-refractivity contribution in [2.24, 2.45) is 0 Å². The Morgan fingerprint density at radius 2 is 2.41 bits per heavy atom. The van der Waals surface area contributed by atoms with Crippen molar-refractivity contribution >= 4 is 23.5 Å². The van der Waals surface area contributed by atoms with Crippen molar-refractivity contribution in [3.05, 3.63) is 16.9 Å². The number of aryl methyl sites for hydroxylation is 1. The smallest absolute Gasteiger partial charge is 0.322 e. The molecule has 0 radical (unpaired) electrons. The third-order valence-electron chi connectivity index (χ3n) is 2.57. The van der Waals surface area contributed by atoms with E-state index in [9.17, 15) is 4.79 Å². The highest BCUT2D eigenvalue weighted by Crippen LogP contribution is 2.15. The molecule has 1 atom stereocenters. The molecular weight excluding hydrogens is 244 g/mol. The molecule has 2 heterocycles. The van der Waals surface area contributed by atoms with Crippen LogP contribution in [-0.2, 0) is 4.79 Å². The van der Waals surface area contributed by atoms with Gasteiger partial charge in [-0.15, -0.1) is 0 Å². The Labute approximate surface area is 104 Å². The summed E-state index contributed by atoms with van der Waals surface area (Å²) in [6, 6.07) is 1.08. The van der Waals surface area contributed by atoms with Crippen molar-refractivity contribution in [1.29, 1.82) is 0 Å². The van der Waals surface area contributed by atoms with Crippen LogP contribution in [0.15, 0.2) is 6.07 Å². The highest BCUT2D eigenvalue weighted by Gasteiger charge is 2.26. The van der Waals surface area contributed by atoms with Crippen LogP contribution in [0.5, 0.6) is 0 Å². The van der Waals surface area contributed by atoms with E-state index < -0.39 is 12.0 Å². The molecule has 1 aliphatic rings. The summed E-state index contributed by atoms with van der Waals surface area (Å²) in [7, 11) is 0. The number of nitrogens with one attached hydrogen (secondary N) is 1. The lowest BCUT2D eigenvalue weighted by Gasteiger charge is -2.31. The number of nitrogens with zero attached hydrogens (tertiary/aromatic N) is 3. The number of carboxylic acids is 1. The second kappa shape index (κ2) is 4.85. The van der Waals surface area contributed by atoms with Crippen LogP contribution < -0.4 is 10.2 Å². The van der Waals surface area contributed by atoms with Gasteiger partial charge >= 0.3 is 5.97 Å². The van der Waals surface area contributed by atoms with Gasteiger partial charge in [-0.2, -0.15) is 0 Å². The summed E-state index contributed by atoms with van der Waals surface area (Å²) in [4.78, 5) is 21.1. The van der Waals surface area contributed by atoms with Crippen LogP contribution in [0, 0.1) is 6.92 Å². The summed E-state index contributed by atoms with van der Waals surface area (Å²) in [5, 5.41) is 12.2. The van der Waals surface area contributed by atoms with Crippen LogP contribution in [0.1, 0.15) is 5.69 Å². The third-order valence-corrected chi connectivity index (χ3v) is 2.76. The van der Waals surface area contributed by atoms with E-state index in [2.05, 4.69) is 15.3 Å². The monoisotopic (exact) mass is 256 g/mol. The Morgan fingerprint density at radius 1 is 1.65 bits per heavy atom. The predicted octanol–water partition coefficient (Wildman–Crippen LogP) is 0.301. The largest absolute Gasteiger partial charge is 0.480 e. The van der Waals surface area contributed by atoms with Crippen molar-refractivity contribution in [2.75, 3.05) is 24.5 Å². The van der Waals surface area contributed by atoms with Crippen molar-refractivity contribution in [2.45, 2.75) is 13.0 Å². The molecule has 0 amide bonds. The molecular formula is C10H13ClN4O2. The Kier molecular flexibility index (Phi) is 3.44. The molecule has 0 bridgehead atoms. The van der Waals surface area contributed by atoms with Gasteiger partial charge in [0, 0.05) is 25.3 Å². The van der Waals surface area contributed by atoms with Crippen molar-refractivity contribution in [3.8, 4) is 0 Å². The molecule has 0 spiro atoms. The number of hydrogen-bond acceptors (Lipinski definition) is 5. The summed E-state index contributed by atoms with van der Waals surface area (Å²) < 4.78 is 0. The average molecular weight is 257 g/mol. The molecule has 1 aromatic rings. The fourth-order valence-electron chi connectivity index (χ4n) is 1.75. The first-order chi connectivity index (χ1) is 8.06. The molecule has 92 valence electrons. The summed E-state index contributed by atoms with van der Waals surface area (Å²) >= 11 is 5.86. The van der Waals surface area contributed by atoms with Gasteiger partial charge in [0.15, 0.2) is 0 Å². The number of anilines is 1. The molecule has 1 aliphatic heterocycles. The standard InChI is InChI=1S/C10H13ClN4O2/c1-6-4-8(11)14-10(13-6)15-3-2-12-7(5-15)9(16)17/h4,7,12H,2-3,5H2,1H3,(H,16,17)/t7-/m0/s1. The maximum Gasteiger partial charge on any atom is 0.322 e. The van der Waals surface area contributed by atoms with Gasteiger partial charge in [-0.1, -0.05) is 11.6 Å². The van der Waals surface area contributed by atoms with Gasteiger partial charge in [0.05, 0.1) is 0 Å². The van der Waals surface area contributed by atoms with Gasteiger partial charge < -0.3 is 15.3 Å². The number of carboxylic acid groups (broad SMARTS) is 1. The normalized spacial score (nSPS) is 20.4. The molecule has 2 N–H and O–H groups in total. The zero-order valence-electron chi connectivity index (χ0n) is 9.35. The SMILES string of the molecule is Cc1cc(Cl)nc(N2CCN[C@H](C(=O)O)C2)n1. The van der Waals surface area contributed by atoms with Gasteiger partial charge in [0.2, 0.25) is 5.95 Å². The Balaban J connectivity index is 2.18. The summed E-state index contributed by atoms with van der Waals surface area (Å²) in [5.74, 6) is -0.379. The number of hydrogen-bond donors (Lipinski definition) is 2. The van der Waals surface area contributed by atoms with E-state index in [4.69, 9.17) is 16.7 Å². The molecule has 0 aliphatic carbocycles. The topological polar surface area (TPSA) is 78.4 Å². The second-order valence-corrected chi connectivity index (χ2v) is 4.31. The highest BCUT2D eigenvalue weighted by atomic mass is 35.5. The fourth-order valence-corrected chi connectivity index (χ4v) is 1.99. The summed E-state index contributed by atoms with van der Waals surface area (Å²) in [5.41, 5.74) is 0.769. The predicted molar refractivity (Wildman–Crippen MR) is 63.4 cm³/mol. The number of piperazine rings is 1. The first-order valence-electron chi connectivity index (χ1n) is 5.28. The van der Waals surface area contributed by atoms with Crippen LogP contribution in [0.2, 0.25) is 5.15 Å². The van der Waals surface area contributed by atoms with Crippen molar-refractivity contribution < 1.29 is 9.90 Å². The van der Waals surface area contributed by atoms with E-state index >= 15 is 0 Å². The average Bonchev–Trinajstić information content (AvgIpc) is 2.28. The van der Waals surface area contributed by atoms with Gasteiger partial charge in [0.1, 0.15) is 11.2 Å². The Morgan fingerprint density at radius 3 is 3.06 bits per heavy atom. The molecule has 7 heteroatoms. The van der Waals surface area contributed by atoms with E-state index in [-0.39, 0.29) is 0 Å². The second-order valence-electron chi connectivity index (χ2n) is 3.92. The van der Waals surface area contributed by atoms with Crippen molar-refractivity contribution in [3.63, 3.8) is 0 Å². The van der Waals surface area contributed by atoms with E-state index in [1.54, 1.807) is 6.07 Å². The van der Waals surface area contributed by atoms with E-state index in [1.807, 2.05) is 11.8 Å². The number of aromatic nitrogens is 2. The number of rotatable bonds is 2. The number of aliphatic carboxylic acids is 1. The van der Waals surface area contributed by atoms with Crippen LogP contribution >= 0.6 is 11.6 Å². The molecule has 0 unspecified atom stereocenters. The molecule has 1 fully saturated rings. The minimum Gasteiger partial charge on any atom is -0.480 e. The summed E-state index contributed by atoms with van der Waals surface area (Å²) in [6.07, 6.45) is 0. The first-order valence-corrected chi connectivity index (χ1v) is 5.66. The molecule has 2 rings (SSSR count). The molecule has 0 saturated carbocycles. The lowest BCUT2D eigenvalue weighted by Crippen LogP contribution is -2.54. The third kappa shape index (κ3) is 2.83. The molecule has 0 aromatic carbocycles. The van der Waals surface area contributed by atoms with Gasteiger partial charge in [-0.3, -0.25) is 4.79 Å². The van der Waals surface area contributed by atoms with Crippen LogP contribution in [0.25, 0.3) is 0 Å². The van der Waals surface area contributed by atoms with E-state index in [0.717, 1.165) is 5.69 Å². The van der Waals surface area contributed by atoms with Gasteiger partial charge in [-0.05, 0) is 13.0 Å². The number of halogens is 1. The Hall–Kier alpha value is -1.40. The van der Waals surface area contributed by atoms with E-state index in [0.29, 0.717) is 30.7 Å². The lowest BCUT2D eigenvalue weighted by atomic mass is 10.2. The van der Waals surface area contributed by atoms with Crippen LogP contribution in [0.4, 0.5) is 5.95 Å². The van der Waals surface area contributed by atoms with Crippen molar-refractivity contribution in [1.82, 2.24) is 15.3 Å². The first kappa shape index (κ1) is 12.1. The highest BCUT2D eigenvalue weighted by molar-refractivity contribution is 6.29. The Bertz CT molecular complexity index is 420. The molecule has 1 saturated heterocycles. The van der Waals surface area contributed by atoms with Gasteiger partial charge in [-0.25, -0.2) is 9.97 Å². The minimum absolute atomic E-state index is 0.342. The van der Waals surface area contributed by atoms with E-state index in [1.165, 1.54) is 0 Å². The maximum atomic E-state index is 10.9. The maximum absolute atomic E-state index is 10.9. The van der Waals surface area contributed by atoms with Crippen LogP contribution in [0.3, 0.4) is 0 Å². The summed E-state index contributed by atoms with van der Waals surface area (Å²) in [6.45, 7) is 3.43. The molecule has 1 aromatic heterocycles. The quantitative estimate of drug-likeness (QED) is 0.741.